The fraction of sp³-hybridized carbons (Fsp3) is 0.500. The topological polar surface area (TPSA) is 77.8 Å². The van der Waals surface area contributed by atoms with E-state index < -0.39 is 48.2 Å². The van der Waals surface area contributed by atoms with E-state index in [0.29, 0.717) is 0 Å². The Hall–Kier alpha value is -2.07. The minimum Gasteiger partial charge on any atom is -0.481 e. The highest BCUT2D eigenvalue weighted by molar-refractivity contribution is 8.13. The summed E-state index contributed by atoms with van der Waals surface area (Å²) in [6, 6.07) is 5.86. The van der Waals surface area contributed by atoms with E-state index in [1.54, 1.807) is 6.07 Å². The zero-order valence-electron chi connectivity index (χ0n) is 16.0. The molecule has 166 valence electrons. The van der Waals surface area contributed by atoms with Crippen LogP contribution in [0.1, 0.15) is 31.2 Å². The van der Waals surface area contributed by atoms with Crippen molar-refractivity contribution in [3.05, 3.63) is 48.0 Å². The first-order valence-corrected chi connectivity index (χ1v) is 10.3. The molecule has 10 heteroatoms. The molecule has 5 nitrogen and oxygen atoms in total. The molecule has 2 N–H and O–H groups in total. The van der Waals surface area contributed by atoms with E-state index >= 15 is 0 Å². The molecule has 1 aromatic carbocycles. The van der Waals surface area contributed by atoms with Gasteiger partial charge in [0.05, 0.1) is 12.6 Å². The lowest BCUT2D eigenvalue weighted by Crippen LogP contribution is -2.41. The number of unbranched alkanes of at least 4 members (excludes halogenated alkanes) is 1. The maximum absolute atomic E-state index is 14.3. The van der Waals surface area contributed by atoms with Gasteiger partial charge < -0.3 is 15.1 Å². The smallest absolute Gasteiger partial charge is 0.303 e. The Balaban J connectivity index is 1.99. The molecule has 1 fully saturated rings. The average molecular weight is 449 g/mol. The van der Waals surface area contributed by atoms with Gasteiger partial charge in [-0.25, -0.2) is 8.78 Å². The second kappa shape index (κ2) is 10.3. The van der Waals surface area contributed by atoms with E-state index in [0.717, 1.165) is 28.8 Å². The summed E-state index contributed by atoms with van der Waals surface area (Å²) in [5, 5.41) is 17.9. The van der Waals surface area contributed by atoms with Crippen molar-refractivity contribution in [1.82, 2.24) is 4.90 Å². The van der Waals surface area contributed by atoms with Crippen molar-refractivity contribution in [1.29, 1.82) is 0 Å². The zero-order chi connectivity index (χ0) is 22.4. The van der Waals surface area contributed by atoms with Crippen molar-refractivity contribution in [2.75, 3.05) is 12.3 Å². The van der Waals surface area contributed by atoms with Gasteiger partial charge in [0.15, 0.2) is 0 Å². The lowest BCUT2D eigenvalue weighted by Gasteiger charge is -2.27. The third-order valence-electron chi connectivity index (χ3n) is 4.64. The number of aliphatic carboxylic acids is 1. The second-order valence-corrected chi connectivity index (χ2v) is 8.02. The van der Waals surface area contributed by atoms with Crippen LogP contribution in [0.4, 0.5) is 22.4 Å². The Bertz CT molecular complexity index is 760. The summed E-state index contributed by atoms with van der Waals surface area (Å²) in [5.41, 5.74) is -0.385. The van der Waals surface area contributed by atoms with E-state index in [4.69, 9.17) is 5.11 Å². The number of aliphatic hydroxyl groups is 1. The first-order valence-electron chi connectivity index (χ1n) is 9.36. The van der Waals surface area contributed by atoms with Gasteiger partial charge in [0.25, 0.3) is 11.2 Å². The van der Waals surface area contributed by atoms with Gasteiger partial charge >= 0.3 is 11.9 Å². The van der Waals surface area contributed by atoms with Crippen LogP contribution in [0.15, 0.2) is 42.5 Å². The van der Waals surface area contributed by atoms with Crippen molar-refractivity contribution in [2.24, 2.45) is 0 Å². The van der Waals surface area contributed by atoms with Gasteiger partial charge in [-0.3, -0.25) is 9.59 Å². The van der Waals surface area contributed by atoms with Gasteiger partial charge in [-0.15, -0.1) is 0 Å². The molecule has 2 unspecified atom stereocenters. The molecule has 1 aliphatic rings. The molecule has 0 bridgehead atoms. The van der Waals surface area contributed by atoms with Crippen molar-refractivity contribution >= 4 is 23.0 Å². The quantitative estimate of drug-likeness (QED) is 0.295. The predicted octanol–water partition coefficient (Wildman–Crippen LogP) is 4.51. The largest absolute Gasteiger partial charge is 0.481 e. The molecule has 0 radical (unpaired) electrons. The highest BCUT2D eigenvalue weighted by atomic mass is 32.2. The minimum absolute atomic E-state index is 0.0169. The Kier molecular flexibility index (Phi) is 8.31. The molecular formula is C20H23F4NO4S. The third kappa shape index (κ3) is 6.73. The molecule has 0 aromatic heterocycles. The van der Waals surface area contributed by atoms with Gasteiger partial charge in [0, 0.05) is 24.2 Å². The van der Waals surface area contributed by atoms with Gasteiger partial charge in [-0.1, -0.05) is 54.2 Å². The lowest BCUT2D eigenvalue weighted by atomic mass is 10.0. The standard InChI is InChI=1S/C20H23F4NO4S/c21-19(22,11-5-4-8-17(27)28)13-25-15(12-30-18(25)29)9-10-16(26)20(23,24)14-6-2-1-3-7-14/h1-3,6-7,9-10,15-16,26H,4-5,8,11-13H2,(H,27,28). The second-order valence-electron chi connectivity index (χ2n) is 7.05. The maximum atomic E-state index is 14.3. The number of aliphatic hydroxyl groups excluding tert-OH is 1. The number of carboxylic acids is 1. The first kappa shape index (κ1) is 24.2. The predicted molar refractivity (Wildman–Crippen MR) is 105 cm³/mol. The number of carbonyl (C=O) groups excluding carboxylic acids is 1. The van der Waals surface area contributed by atoms with Crippen LogP contribution in [0.2, 0.25) is 0 Å². The number of alkyl halides is 4. The molecule has 2 atom stereocenters. The van der Waals surface area contributed by atoms with Crippen LogP contribution in [0.3, 0.4) is 0 Å². The van der Waals surface area contributed by atoms with Crippen LogP contribution >= 0.6 is 11.8 Å². The number of hydrogen-bond donors (Lipinski definition) is 2. The number of halogens is 4. The molecule has 1 amide bonds. The van der Waals surface area contributed by atoms with Crippen LogP contribution in [-0.2, 0) is 10.7 Å². The lowest BCUT2D eigenvalue weighted by molar-refractivity contribution is -0.137. The summed E-state index contributed by atoms with van der Waals surface area (Å²) in [6.45, 7) is -0.897. The van der Waals surface area contributed by atoms with Crippen molar-refractivity contribution < 1.29 is 37.4 Å². The minimum atomic E-state index is -3.58. The maximum Gasteiger partial charge on any atom is 0.303 e. The normalized spacial score (nSPS) is 18.9. The van der Waals surface area contributed by atoms with E-state index in [2.05, 4.69) is 0 Å². The van der Waals surface area contributed by atoms with Crippen LogP contribution in [0, 0.1) is 0 Å². The monoisotopic (exact) mass is 449 g/mol. The highest BCUT2D eigenvalue weighted by Gasteiger charge is 2.41. The Morgan fingerprint density at radius 3 is 2.53 bits per heavy atom. The van der Waals surface area contributed by atoms with Crippen LogP contribution in [-0.4, -0.2) is 56.7 Å². The van der Waals surface area contributed by atoms with Crippen molar-refractivity contribution in [3.8, 4) is 0 Å². The summed E-state index contributed by atoms with van der Waals surface area (Å²) in [6.07, 6.45) is -0.921. The molecule has 0 aliphatic carbocycles. The molecule has 30 heavy (non-hydrogen) atoms. The molecule has 1 saturated heterocycles. The molecular weight excluding hydrogens is 426 g/mol. The molecule has 1 heterocycles. The number of rotatable bonds is 11. The van der Waals surface area contributed by atoms with Gasteiger partial charge in [0.2, 0.25) is 0 Å². The summed E-state index contributed by atoms with van der Waals surface area (Å²) in [7, 11) is 0. The van der Waals surface area contributed by atoms with E-state index in [1.165, 1.54) is 24.3 Å². The number of carboxylic acid groups (broad SMARTS) is 1. The Labute approximate surface area is 175 Å². The van der Waals surface area contributed by atoms with Crippen LogP contribution in [0.5, 0.6) is 0 Å². The Morgan fingerprint density at radius 1 is 1.23 bits per heavy atom. The third-order valence-corrected chi connectivity index (χ3v) is 5.63. The number of amides is 1. The van der Waals surface area contributed by atoms with Gasteiger partial charge in [-0.2, -0.15) is 8.78 Å². The van der Waals surface area contributed by atoms with Crippen LogP contribution in [0.25, 0.3) is 0 Å². The SMILES string of the molecule is O=C(O)CCCCC(F)(F)CN1C(=O)SCC1C=CC(O)C(F)(F)c1ccccc1. The van der Waals surface area contributed by atoms with Crippen molar-refractivity contribution in [3.63, 3.8) is 0 Å². The number of carbonyl (C=O) groups is 2. The molecule has 0 saturated carbocycles. The average Bonchev–Trinajstić information content (AvgIpc) is 3.03. The van der Waals surface area contributed by atoms with E-state index in [1.807, 2.05) is 0 Å². The summed E-state index contributed by atoms with van der Waals surface area (Å²) >= 11 is 0.798. The van der Waals surface area contributed by atoms with E-state index in [-0.39, 0.29) is 30.6 Å². The van der Waals surface area contributed by atoms with Gasteiger partial charge in [0.1, 0.15) is 6.10 Å². The van der Waals surface area contributed by atoms with E-state index in [9.17, 15) is 32.3 Å². The fourth-order valence-corrected chi connectivity index (χ4v) is 3.95. The van der Waals surface area contributed by atoms with Gasteiger partial charge in [-0.05, 0) is 12.8 Å². The van der Waals surface area contributed by atoms with Crippen LogP contribution < -0.4 is 0 Å². The molecule has 0 spiro atoms. The Morgan fingerprint density at radius 2 is 1.90 bits per heavy atom. The highest BCUT2D eigenvalue weighted by Crippen LogP contribution is 2.34. The number of nitrogens with zero attached hydrogens (tertiary/aromatic N) is 1. The number of benzene rings is 1. The van der Waals surface area contributed by atoms with Crippen molar-refractivity contribution in [2.45, 2.75) is 49.7 Å². The summed E-state index contributed by atoms with van der Waals surface area (Å²) in [4.78, 5) is 23.3. The molecule has 1 aliphatic heterocycles. The fourth-order valence-electron chi connectivity index (χ4n) is 2.98. The summed E-state index contributed by atoms with van der Waals surface area (Å²) in [5.74, 6) is -7.78. The number of thioether (sulfide) groups is 1. The number of hydrogen-bond acceptors (Lipinski definition) is 4. The zero-order valence-corrected chi connectivity index (χ0v) is 16.8. The summed E-state index contributed by atoms with van der Waals surface area (Å²) < 4.78 is 57.1. The first-order chi connectivity index (χ1) is 14.0. The molecule has 1 aromatic rings. The molecule has 2 rings (SSSR count).